The molecule has 1 amide bonds. The minimum atomic E-state index is -0.794. The second-order valence-corrected chi connectivity index (χ2v) is 4.89. The first-order valence-electron chi connectivity index (χ1n) is 6.57. The molecule has 1 saturated carbocycles. The normalized spacial score (nSPS) is 18.7. The van der Waals surface area contributed by atoms with Crippen LogP contribution in [-0.4, -0.2) is 35.0 Å². The predicted octanol–water partition coefficient (Wildman–Crippen LogP) is 2.28. The highest BCUT2D eigenvalue weighted by Crippen LogP contribution is 2.40. The molecule has 0 aliphatic heterocycles. The first-order valence-corrected chi connectivity index (χ1v) is 6.57. The molecule has 0 aromatic carbocycles. The molecule has 17 heavy (non-hydrogen) atoms. The first-order chi connectivity index (χ1) is 8.05. The second kappa shape index (κ2) is 6.03. The molecule has 1 aliphatic carbocycles. The molecule has 0 aromatic heterocycles. The maximum absolute atomic E-state index is 12.0. The Morgan fingerprint density at radius 1 is 1.12 bits per heavy atom. The molecular formula is C13H23NO3. The van der Waals surface area contributed by atoms with Crippen molar-refractivity contribution in [3.63, 3.8) is 0 Å². The largest absolute Gasteiger partial charge is 0.481 e. The van der Waals surface area contributed by atoms with Crippen LogP contribution in [0.25, 0.3) is 0 Å². The fourth-order valence-electron chi connectivity index (χ4n) is 2.67. The van der Waals surface area contributed by atoms with Crippen LogP contribution < -0.4 is 0 Å². The van der Waals surface area contributed by atoms with Gasteiger partial charge in [0.1, 0.15) is 0 Å². The summed E-state index contributed by atoms with van der Waals surface area (Å²) in [5, 5.41) is 9.39. The van der Waals surface area contributed by atoms with Crippen LogP contribution in [0.2, 0.25) is 0 Å². The lowest BCUT2D eigenvalue weighted by molar-refractivity contribution is -0.156. The third-order valence-electron chi connectivity index (χ3n) is 3.87. The summed E-state index contributed by atoms with van der Waals surface area (Å²) in [4.78, 5) is 25.2. The van der Waals surface area contributed by atoms with Gasteiger partial charge in [-0.05, 0) is 26.7 Å². The van der Waals surface area contributed by atoms with E-state index in [1.54, 1.807) is 4.90 Å². The highest BCUT2D eigenvalue weighted by Gasteiger charge is 2.41. The Labute approximate surface area is 103 Å². The van der Waals surface area contributed by atoms with Crippen LogP contribution in [0.1, 0.15) is 52.4 Å². The van der Waals surface area contributed by atoms with Gasteiger partial charge in [-0.15, -0.1) is 0 Å². The Morgan fingerprint density at radius 2 is 1.65 bits per heavy atom. The molecule has 1 N–H and O–H groups in total. The number of carbonyl (C=O) groups is 2. The summed E-state index contributed by atoms with van der Waals surface area (Å²) >= 11 is 0. The summed E-state index contributed by atoms with van der Waals surface area (Å²) in [6, 6.07) is 0. The summed E-state index contributed by atoms with van der Waals surface area (Å²) in [5.74, 6) is -0.808. The topological polar surface area (TPSA) is 57.6 Å². The van der Waals surface area contributed by atoms with Gasteiger partial charge in [0.15, 0.2) is 0 Å². The van der Waals surface area contributed by atoms with Gasteiger partial charge in [0.25, 0.3) is 0 Å². The summed E-state index contributed by atoms with van der Waals surface area (Å²) < 4.78 is 0. The van der Waals surface area contributed by atoms with Crippen molar-refractivity contribution in [3.05, 3.63) is 0 Å². The van der Waals surface area contributed by atoms with Crippen LogP contribution in [0.4, 0.5) is 0 Å². The van der Waals surface area contributed by atoms with Crippen LogP contribution in [0.5, 0.6) is 0 Å². The quantitative estimate of drug-likeness (QED) is 0.803. The van der Waals surface area contributed by atoms with Crippen molar-refractivity contribution in [1.29, 1.82) is 0 Å². The monoisotopic (exact) mass is 241 g/mol. The van der Waals surface area contributed by atoms with Crippen LogP contribution in [-0.2, 0) is 9.59 Å². The average Bonchev–Trinajstić information content (AvgIpc) is 2.31. The van der Waals surface area contributed by atoms with E-state index >= 15 is 0 Å². The van der Waals surface area contributed by atoms with Crippen molar-refractivity contribution in [1.82, 2.24) is 4.90 Å². The third kappa shape index (κ3) is 3.20. The molecule has 0 atom stereocenters. The van der Waals surface area contributed by atoms with Gasteiger partial charge in [-0.2, -0.15) is 0 Å². The van der Waals surface area contributed by atoms with Crippen molar-refractivity contribution in [2.75, 3.05) is 13.1 Å². The Balaban J connectivity index is 2.73. The first kappa shape index (κ1) is 14.0. The fourth-order valence-corrected chi connectivity index (χ4v) is 2.67. The van der Waals surface area contributed by atoms with Gasteiger partial charge in [0.05, 0.1) is 5.41 Å². The zero-order valence-electron chi connectivity index (χ0n) is 10.9. The number of hydrogen-bond donors (Lipinski definition) is 1. The van der Waals surface area contributed by atoms with E-state index in [1.165, 1.54) is 0 Å². The molecule has 0 spiro atoms. The van der Waals surface area contributed by atoms with Crippen molar-refractivity contribution in [2.24, 2.45) is 5.41 Å². The van der Waals surface area contributed by atoms with Crippen molar-refractivity contribution < 1.29 is 14.7 Å². The molecule has 0 bridgehead atoms. The predicted molar refractivity (Wildman–Crippen MR) is 65.7 cm³/mol. The average molecular weight is 241 g/mol. The highest BCUT2D eigenvalue weighted by molar-refractivity contribution is 5.85. The van der Waals surface area contributed by atoms with E-state index in [2.05, 4.69) is 0 Å². The number of nitrogens with zero attached hydrogens (tertiary/aromatic N) is 1. The summed E-state index contributed by atoms with van der Waals surface area (Å²) in [6.45, 7) is 5.17. The number of carbonyl (C=O) groups excluding carboxylic acids is 1. The van der Waals surface area contributed by atoms with Gasteiger partial charge in [0, 0.05) is 19.5 Å². The number of hydrogen-bond acceptors (Lipinski definition) is 2. The third-order valence-corrected chi connectivity index (χ3v) is 3.87. The molecular weight excluding hydrogens is 218 g/mol. The molecule has 0 aromatic rings. The van der Waals surface area contributed by atoms with Crippen LogP contribution in [0.3, 0.4) is 0 Å². The number of carboxylic acids is 1. The second-order valence-electron chi connectivity index (χ2n) is 4.89. The molecule has 1 fully saturated rings. The van der Waals surface area contributed by atoms with E-state index in [0.29, 0.717) is 25.9 Å². The minimum Gasteiger partial charge on any atom is -0.481 e. The summed E-state index contributed by atoms with van der Waals surface area (Å²) in [5.41, 5.74) is -0.794. The van der Waals surface area contributed by atoms with Gasteiger partial charge >= 0.3 is 5.97 Å². The zero-order chi connectivity index (χ0) is 12.9. The summed E-state index contributed by atoms with van der Waals surface area (Å²) in [7, 11) is 0. The van der Waals surface area contributed by atoms with Crippen molar-refractivity contribution >= 4 is 11.9 Å². The van der Waals surface area contributed by atoms with Gasteiger partial charge in [-0.1, -0.05) is 19.3 Å². The lowest BCUT2D eigenvalue weighted by Gasteiger charge is -2.34. The molecule has 4 nitrogen and oxygen atoms in total. The number of amides is 1. The standard InChI is InChI=1S/C13H23NO3/c1-3-14(4-2)11(15)10-13(12(16)17)8-6-5-7-9-13/h3-10H2,1-2H3,(H,16,17). The van der Waals surface area contributed by atoms with E-state index in [1.807, 2.05) is 13.8 Å². The summed E-state index contributed by atoms with van der Waals surface area (Å²) in [6.07, 6.45) is 4.42. The lowest BCUT2D eigenvalue weighted by Crippen LogP contribution is -2.41. The van der Waals surface area contributed by atoms with E-state index < -0.39 is 11.4 Å². The fraction of sp³-hybridized carbons (Fsp3) is 0.846. The van der Waals surface area contributed by atoms with Crippen LogP contribution in [0.15, 0.2) is 0 Å². The smallest absolute Gasteiger partial charge is 0.310 e. The lowest BCUT2D eigenvalue weighted by atomic mass is 9.71. The Hall–Kier alpha value is -1.06. The minimum absolute atomic E-state index is 0.0145. The number of aliphatic carboxylic acids is 1. The Kier molecular flexibility index (Phi) is 4.97. The molecule has 0 heterocycles. The molecule has 0 saturated heterocycles. The van der Waals surface area contributed by atoms with Gasteiger partial charge in [-0.3, -0.25) is 9.59 Å². The molecule has 4 heteroatoms. The van der Waals surface area contributed by atoms with Crippen LogP contribution >= 0.6 is 0 Å². The zero-order valence-corrected chi connectivity index (χ0v) is 10.9. The number of rotatable bonds is 5. The molecule has 0 radical (unpaired) electrons. The highest BCUT2D eigenvalue weighted by atomic mass is 16.4. The SMILES string of the molecule is CCN(CC)C(=O)CC1(C(=O)O)CCCCC1. The van der Waals surface area contributed by atoms with Crippen molar-refractivity contribution in [2.45, 2.75) is 52.4 Å². The number of carboxylic acid groups (broad SMARTS) is 1. The molecule has 1 aliphatic rings. The van der Waals surface area contributed by atoms with E-state index in [-0.39, 0.29) is 12.3 Å². The molecule has 1 rings (SSSR count). The van der Waals surface area contributed by atoms with E-state index in [0.717, 1.165) is 19.3 Å². The Bertz CT molecular complexity index is 278. The van der Waals surface area contributed by atoms with Crippen molar-refractivity contribution in [3.8, 4) is 0 Å². The maximum Gasteiger partial charge on any atom is 0.310 e. The van der Waals surface area contributed by atoms with Gasteiger partial charge in [0.2, 0.25) is 5.91 Å². The van der Waals surface area contributed by atoms with Gasteiger partial charge in [-0.25, -0.2) is 0 Å². The molecule has 98 valence electrons. The van der Waals surface area contributed by atoms with E-state index in [4.69, 9.17) is 0 Å². The maximum atomic E-state index is 12.0. The van der Waals surface area contributed by atoms with Crippen LogP contribution in [0, 0.1) is 5.41 Å². The Morgan fingerprint density at radius 3 is 2.06 bits per heavy atom. The molecule has 0 unspecified atom stereocenters. The van der Waals surface area contributed by atoms with E-state index in [9.17, 15) is 14.7 Å². The van der Waals surface area contributed by atoms with Gasteiger partial charge < -0.3 is 10.0 Å².